The molecule has 3 aromatic rings. The van der Waals surface area contributed by atoms with Gasteiger partial charge in [0.2, 0.25) is 0 Å². The monoisotopic (exact) mass is 493 g/mol. The Balaban J connectivity index is 1.44. The number of carbonyl (C=O) groups is 1. The van der Waals surface area contributed by atoms with Gasteiger partial charge in [0.05, 0.1) is 19.3 Å². The van der Waals surface area contributed by atoms with Crippen molar-refractivity contribution in [2.24, 2.45) is 0 Å². The number of carbonyl (C=O) groups excluding carboxylic acids is 1. The molecule has 5 rings (SSSR count). The number of hydrogen-bond acceptors (Lipinski definition) is 4. The Bertz CT molecular complexity index is 1200. The summed E-state index contributed by atoms with van der Waals surface area (Å²) >= 11 is 3.38. The summed E-state index contributed by atoms with van der Waals surface area (Å²) in [5.74, 6) is -0.396. The number of pyridine rings is 1. The van der Waals surface area contributed by atoms with Crippen LogP contribution in [0, 0.1) is 0 Å². The SMILES string of the molecule is O=C(Nc1ccc(Br)cc1)c1cccn(C2CCc3c2cccc3N2CCOCC2)c1=O. The maximum absolute atomic E-state index is 13.3. The fourth-order valence-corrected chi connectivity index (χ4v) is 4.93. The van der Waals surface area contributed by atoms with Crippen LogP contribution in [0.5, 0.6) is 0 Å². The minimum absolute atomic E-state index is 0.0704. The molecule has 1 unspecified atom stereocenters. The van der Waals surface area contributed by atoms with Gasteiger partial charge in [-0.15, -0.1) is 0 Å². The minimum Gasteiger partial charge on any atom is -0.378 e. The van der Waals surface area contributed by atoms with E-state index in [2.05, 4.69) is 44.3 Å². The molecule has 1 aliphatic heterocycles. The number of hydrogen-bond donors (Lipinski definition) is 1. The first-order valence-electron chi connectivity index (χ1n) is 10.8. The smallest absolute Gasteiger partial charge is 0.263 e. The first-order chi connectivity index (χ1) is 15.6. The second-order valence-electron chi connectivity index (χ2n) is 8.09. The summed E-state index contributed by atoms with van der Waals surface area (Å²) in [6.45, 7) is 3.24. The molecule has 7 heteroatoms. The lowest BCUT2D eigenvalue weighted by Gasteiger charge is -2.30. The lowest BCUT2D eigenvalue weighted by atomic mass is 10.0. The van der Waals surface area contributed by atoms with Gasteiger partial charge in [0.1, 0.15) is 5.56 Å². The third-order valence-electron chi connectivity index (χ3n) is 6.22. The van der Waals surface area contributed by atoms with Crippen molar-refractivity contribution < 1.29 is 9.53 Å². The maximum atomic E-state index is 13.3. The van der Waals surface area contributed by atoms with Crippen molar-refractivity contribution in [2.45, 2.75) is 18.9 Å². The van der Waals surface area contributed by atoms with Crippen LogP contribution < -0.4 is 15.8 Å². The molecule has 2 heterocycles. The summed E-state index contributed by atoms with van der Waals surface area (Å²) in [5.41, 5.74) is 4.24. The molecule has 1 amide bonds. The fourth-order valence-electron chi connectivity index (χ4n) is 4.66. The van der Waals surface area contributed by atoms with Crippen LogP contribution in [0.15, 0.2) is 70.1 Å². The largest absolute Gasteiger partial charge is 0.378 e. The van der Waals surface area contributed by atoms with Gasteiger partial charge in [0.25, 0.3) is 11.5 Å². The number of amides is 1. The van der Waals surface area contributed by atoms with Crippen LogP contribution in [0.3, 0.4) is 0 Å². The normalized spacial score (nSPS) is 17.8. The number of ether oxygens (including phenoxy) is 1. The number of halogens is 1. The molecule has 1 atom stereocenters. The van der Waals surface area contributed by atoms with Gasteiger partial charge < -0.3 is 19.5 Å². The second-order valence-corrected chi connectivity index (χ2v) is 9.01. The van der Waals surface area contributed by atoms with Gasteiger partial charge >= 0.3 is 0 Å². The van der Waals surface area contributed by atoms with E-state index >= 15 is 0 Å². The molecule has 1 N–H and O–H groups in total. The summed E-state index contributed by atoms with van der Waals surface area (Å²) < 4.78 is 8.14. The number of fused-ring (bicyclic) bond motifs is 1. The van der Waals surface area contributed by atoms with E-state index in [0.717, 1.165) is 43.6 Å². The number of nitrogens with one attached hydrogen (secondary N) is 1. The Hall–Kier alpha value is -2.90. The molecule has 0 bridgehead atoms. The Kier molecular flexibility index (Phi) is 5.85. The zero-order valence-electron chi connectivity index (χ0n) is 17.6. The van der Waals surface area contributed by atoms with Crippen molar-refractivity contribution in [3.05, 3.63) is 92.3 Å². The van der Waals surface area contributed by atoms with E-state index in [-0.39, 0.29) is 17.2 Å². The van der Waals surface area contributed by atoms with E-state index in [1.165, 1.54) is 16.8 Å². The third kappa shape index (κ3) is 3.98. The van der Waals surface area contributed by atoms with Gasteiger partial charge in [0.15, 0.2) is 0 Å². The Morgan fingerprint density at radius 3 is 2.59 bits per heavy atom. The minimum atomic E-state index is -0.396. The van der Waals surface area contributed by atoms with Crippen molar-refractivity contribution in [2.75, 3.05) is 36.5 Å². The summed E-state index contributed by atoms with van der Waals surface area (Å²) in [6.07, 6.45) is 3.55. The van der Waals surface area contributed by atoms with Gasteiger partial charge in [-0.3, -0.25) is 9.59 Å². The summed E-state index contributed by atoms with van der Waals surface area (Å²) in [7, 11) is 0. The Morgan fingerprint density at radius 2 is 1.81 bits per heavy atom. The van der Waals surface area contributed by atoms with E-state index < -0.39 is 5.91 Å². The summed E-state index contributed by atoms with van der Waals surface area (Å²) in [5, 5.41) is 2.82. The molecule has 1 fully saturated rings. The molecule has 32 heavy (non-hydrogen) atoms. The molecule has 1 aliphatic carbocycles. The van der Waals surface area contributed by atoms with Crippen molar-refractivity contribution in [1.29, 1.82) is 0 Å². The quantitative estimate of drug-likeness (QED) is 0.590. The number of rotatable bonds is 4. The standard InChI is InChI=1S/C25H24BrN3O3/c26-17-6-8-18(9-7-17)27-24(30)21-4-2-12-29(25(21)31)23-11-10-20-19(23)3-1-5-22(20)28-13-15-32-16-14-28/h1-9,12,23H,10-11,13-16H2,(H,27,30). The van der Waals surface area contributed by atoms with Crippen molar-refractivity contribution in [3.63, 3.8) is 0 Å². The first kappa shape index (κ1) is 21.0. The van der Waals surface area contributed by atoms with Crippen LogP contribution in [0.2, 0.25) is 0 Å². The third-order valence-corrected chi connectivity index (χ3v) is 6.75. The van der Waals surface area contributed by atoms with Crippen molar-refractivity contribution >= 4 is 33.2 Å². The Labute approximate surface area is 194 Å². The van der Waals surface area contributed by atoms with E-state index in [0.29, 0.717) is 5.69 Å². The molecule has 2 aromatic carbocycles. The van der Waals surface area contributed by atoms with Gasteiger partial charge in [-0.2, -0.15) is 0 Å². The molecule has 0 saturated carbocycles. The highest BCUT2D eigenvalue weighted by atomic mass is 79.9. The average molecular weight is 494 g/mol. The van der Waals surface area contributed by atoms with E-state index in [1.54, 1.807) is 35.0 Å². The summed E-state index contributed by atoms with van der Waals surface area (Å²) in [6, 6.07) is 16.9. The number of anilines is 2. The van der Waals surface area contributed by atoms with Crippen LogP contribution in [-0.2, 0) is 11.2 Å². The first-order valence-corrected chi connectivity index (χ1v) is 11.6. The predicted molar refractivity (Wildman–Crippen MR) is 129 cm³/mol. The number of benzene rings is 2. The van der Waals surface area contributed by atoms with Gasteiger partial charge in [-0.05, 0) is 66.4 Å². The predicted octanol–water partition coefficient (Wildman–Crippen LogP) is 4.24. The lowest BCUT2D eigenvalue weighted by molar-refractivity contribution is 0.102. The molecule has 164 valence electrons. The molecular formula is C25H24BrN3O3. The van der Waals surface area contributed by atoms with Crippen molar-refractivity contribution in [1.82, 2.24) is 4.57 Å². The highest BCUT2D eigenvalue weighted by Crippen LogP contribution is 2.39. The molecule has 1 aromatic heterocycles. The average Bonchev–Trinajstić information content (AvgIpc) is 3.25. The molecule has 0 radical (unpaired) electrons. The highest BCUT2D eigenvalue weighted by Gasteiger charge is 2.29. The zero-order valence-corrected chi connectivity index (χ0v) is 19.2. The van der Waals surface area contributed by atoms with Gasteiger partial charge in [-0.1, -0.05) is 28.1 Å². The van der Waals surface area contributed by atoms with Crippen LogP contribution in [-0.4, -0.2) is 36.8 Å². The summed E-state index contributed by atoms with van der Waals surface area (Å²) in [4.78, 5) is 28.5. The highest BCUT2D eigenvalue weighted by molar-refractivity contribution is 9.10. The van der Waals surface area contributed by atoms with E-state index in [9.17, 15) is 9.59 Å². The van der Waals surface area contributed by atoms with Gasteiger partial charge in [0, 0.05) is 35.1 Å². The molecular weight excluding hydrogens is 470 g/mol. The van der Waals surface area contributed by atoms with Gasteiger partial charge in [-0.25, -0.2) is 0 Å². The van der Waals surface area contributed by atoms with Crippen LogP contribution in [0.4, 0.5) is 11.4 Å². The van der Waals surface area contributed by atoms with Crippen LogP contribution in [0.25, 0.3) is 0 Å². The lowest BCUT2D eigenvalue weighted by Crippen LogP contribution is -2.36. The van der Waals surface area contributed by atoms with E-state index in [4.69, 9.17) is 4.74 Å². The van der Waals surface area contributed by atoms with E-state index in [1.807, 2.05) is 12.1 Å². The fraction of sp³-hybridized carbons (Fsp3) is 0.280. The maximum Gasteiger partial charge on any atom is 0.263 e. The number of aromatic nitrogens is 1. The zero-order chi connectivity index (χ0) is 22.1. The van der Waals surface area contributed by atoms with Crippen LogP contribution in [0.1, 0.15) is 33.9 Å². The number of morpholine rings is 1. The molecule has 2 aliphatic rings. The van der Waals surface area contributed by atoms with Crippen molar-refractivity contribution in [3.8, 4) is 0 Å². The topological polar surface area (TPSA) is 63.6 Å². The molecule has 1 saturated heterocycles. The molecule has 0 spiro atoms. The molecule has 6 nitrogen and oxygen atoms in total. The Morgan fingerprint density at radius 1 is 1.03 bits per heavy atom. The number of nitrogens with zero attached hydrogens (tertiary/aromatic N) is 2. The second kappa shape index (κ2) is 8.92. The van der Waals surface area contributed by atoms with Crippen LogP contribution >= 0.6 is 15.9 Å².